The van der Waals surface area contributed by atoms with E-state index in [1.807, 2.05) is 13.1 Å². The van der Waals surface area contributed by atoms with E-state index in [0.717, 1.165) is 8.81 Å². The molecule has 0 aliphatic heterocycles. The molecule has 1 aromatic heterocycles. The molecular weight excluding hydrogens is 282 g/mol. The summed E-state index contributed by atoms with van der Waals surface area (Å²) in [6.07, 6.45) is 2.16. The van der Waals surface area contributed by atoms with Gasteiger partial charge in [0.25, 0.3) is 0 Å². The van der Waals surface area contributed by atoms with Gasteiger partial charge in [0.05, 0.1) is 0 Å². The molecule has 0 aliphatic rings. The highest BCUT2D eigenvalue weighted by atomic mass is 79.9. The van der Waals surface area contributed by atoms with E-state index in [1.54, 1.807) is 11.3 Å². The molecule has 0 amide bonds. The third kappa shape index (κ3) is 3.09. The summed E-state index contributed by atoms with van der Waals surface area (Å²) in [6.45, 7) is 4.25. The van der Waals surface area contributed by atoms with Crippen LogP contribution in [0.3, 0.4) is 0 Å². The van der Waals surface area contributed by atoms with Gasteiger partial charge in [-0.15, -0.1) is 11.3 Å². The van der Waals surface area contributed by atoms with E-state index in [0.29, 0.717) is 6.04 Å². The van der Waals surface area contributed by atoms with Crippen molar-refractivity contribution in [3.8, 4) is 0 Å². The van der Waals surface area contributed by atoms with Crippen LogP contribution in [0, 0.1) is 0 Å². The summed E-state index contributed by atoms with van der Waals surface area (Å²) < 4.78 is 1.78. The zero-order valence-electron chi connectivity index (χ0n) is 8.40. The van der Waals surface area contributed by atoms with Crippen LogP contribution in [-0.2, 0) is 0 Å². The Kier molecular flexibility index (Phi) is 4.64. The second kappa shape index (κ2) is 5.31. The first-order chi connectivity index (χ1) is 6.54. The van der Waals surface area contributed by atoms with E-state index in [1.165, 1.54) is 10.5 Å². The number of rotatable bonds is 3. The Morgan fingerprint density at radius 1 is 1.71 bits per heavy atom. The number of likely N-dealkylation sites (N-methyl/N-ethyl adjacent to an activating group) is 1. The van der Waals surface area contributed by atoms with Gasteiger partial charge in [0.1, 0.15) is 4.34 Å². The molecule has 1 aromatic rings. The van der Waals surface area contributed by atoms with Crippen LogP contribution in [0.15, 0.2) is 16.1 Å². The molecule has 1 rings (SSSR count). The molecule has 1 N–H and O–H groups in total. The molecule has 1 nitrogen and oxygen atoms in total. The summed E-state index contributed by atoms with van der Waals surface area (Å²) in [5.74, 6) is 0. The number of thiophene rings is 1. The highest BCUT2D eigenvalue weighted by Crippen LogP contribution is 2.33. The second-order valence-electron chi connectivity index (χ2n) is 3.17. The number of hydrogen-bond donors (Lipinski definition) is 1. The van der Waals surface area contributed by atoms with Gasteiger partial charge in [-0.05, 0) is 49.0 Å². The lowest BCUT2D eigenvalue weighted by Gasteiger charge is -2.09. The average molecular weight is 295 g/mol. The maximum Gasteiger partial charge on any atom is 0.108 e. The van der Waals surface area contributed by atoms with Gasteiger partial charge < -0.3 is 5.32 Å². The fourth-order valence-electron chi connectivity index (χ4n) is 1.01. The van der Waals surface area contributed by atoms with Crippen LogP contribution in [0.1, 0.15) is 18.7 Å². The lowest BCUT2D eigenvalue weighted by Crippen LogP contribution is -2.21. The summed E-state index contributed by atoms with van der Waals surface area (Å²) >= 11 is 10.9. The van der Waals surface area contributed by atoms with Crippen LogP contribution >= 0.6 is 38.9 Å². The molecule has 1 atom stereocenters. The van der Waals surface area contributed by atoms with Gasteiger partial charge in [0, 0.05) is 15.4 Å². The minimum Gasteiger partial charge on any atom is -0.314 e. The van der Waals surface area contributed by atoms with Crippen molar-refractivity contribution in [1.29, 1.82) is 0 Å². The van der Waals surface area contributed by atoms with Crippen molar-refractivity contribution in [2.24, 2.45) is 0 Å². The zero-order valence-corrected chi connectivity index (χ0v) is 11.6. The maximum atomic E-state index is 5.95. The van der Waals surface area contributed by atoms with Gasteiger partial charge in [-0.2, -0.15) is 0 Å². The fourth-order valence-corrected chi connectivity index (χ4v) is 2.76. The Labute approximate surface area is 102 Å². The summed E-state index contributed by atoms with van der Waals surface area (Å²) in [6, 6.07) is 2.44. The van der Waals surface area contributed by atoms with Crippen molar-refractivity contribution in [2.75, 3.05) is 7.05 Å². The van der Waals surface area contributed by atoms with E-state index < -0.39 is 0 Å². The predicted molar refractivity (Wildman–Crippen MR) is 69.2 cm³/mol. The van der Waals surface area contributed by atoms with Crippen molar-refractivity contribution in [1.82, 2.24) is 5.32 Å². The molecule has 1 heterocycles. The fraction of sp³-hybridized carbons (Fsp3) is 0.400. The second-order valence-corrected chi connectivity index (χ2v) is 5.71. The van der Waals surface area contributed by atoms with Gasteiger partial charge in [-0.1, -0.05) is 17.2 Å². The lowest BCUT2D eigenvalue weighted by molar-refractivity contribution is 0.696. The molecule has 0 saturated carbocycles. The van der Waals surface area contributed by atoms with E-state index in [4.69, 9.17) is 11.6 Å². The minimum absolute atomic E-state index is 0.398. The van der Waals surface area contributed by atoms with Crippen LogP contribution in [0.5, 0.6) is 0 Å². The van der Waals surface area contributed by atoms with Gasteiger partial charge >= 0.3 is 0 Å². The monoisotopic (exact) mass is 293 g/mol. The highest BCUT2D eigenvalue weighted by Gasteiger charge is 2.04. The molecule has 0 bridgehead atoms. The minimum atomic E-state index is 0.398. The quantitative estimate of drug-likeness (QED) is 0.882. The largest absolute Gasteiger partial charge is 0.314 e. The topological polar surface area (TPSA) is 12.0 Å². The van der Waals surface area contributed by atoms with E-state index in [2.05, 4.69) is 41.2 Å². The first-order valence-corrected chi connectivity index (χ1v) is 6.33. The summed E-state index contributed by atoms with van der Waals surface area (Å²) in [5.41, 5.74) is 1.30. The van der Waals surface area contributed by atoms with Crippen LogP contribution in [0.2, 0.25) is 4.34 Å². The van der Waals surface area contributed by atoms with Crippen molar-refractivity contribution in [3.05, 3.63) is 25.3 Å². The Bertz CT molecular complexity index is 326. The number of hydrogen-bond acceptors (Lipinski definition) is 2. The molecule has 0 spiro atoms. The SMILES string of the molecule is CNC(C)C(C)=Cc1cc(Br)c(Cl)s1. The Hall–Kier alpha value is 0.170. The molecule has 0 aliphatic carbocycles. The molecule has 14 heavy (non-hydrogen) atoms. The van der Waals surface area contributed by atoms with Crippen LogP contribution < -0.4 is 5.32 Å². The molecule has 4 heteroatoms. The standard InChI is InChI=1S/C10H13BrClNS/c1-6(7(2)13-3)4-8-5-9(11)10(12)14-8/h4-5,7,13H,1-3H3. The first-order valence-electron chi connectivity index (χ1n) is 4.35. The maximum absolute atomic E-state index is 5.95. The molecule has 0 fully saturated rings. The summed E-state index contributed by atoms with van der Waals surface area (Å²) in [4.78, 5) is 1.18. The van der Waals surface area contributed by atoms with Gasteiger partial charge in [0.15, 0.2) is 0 Å². The number of nitrogens with one attached hydrogen (secondary N) is 1. The molecular formula is C10H13BrClNS. The van der Waals surface area contributed by atoms with Gasteiger partial charge in [-0.25, -0.2) is 0 Å². The average Bonchev–Trinajstić information content (AvgIpc) is 2.44. The predicted octanol–water partition coefficient (Wildman–Crippen LogP) is 4.18. The van der Waals surface area contributed by atoms with Crippen LogP contribution in [-0.4, -0.2) is 13.1 Å². The Balaban J connectivity index is 2.86. The summed E-state index contributed by atoms with van der Waals surface area (Å²) in [7, 11) is 1.96. The van der Waals surface area contributed by atoms with Crippen molar-refractivity contribution in [3.63, 3.8) is 0 Å². The lowest BCUT2D eigenvalue weighted by atomic mass is 10.1. The van der Waals surface area contributed by atoms with Gasteiger partial charge in [-0.3, -0.25) is 0 Å². The Morgan fingerprint density at radius 3 is 2.79 bits per heavy atom. The first kappa shape index (κ1) is 12.2. The third-order valence-electron chi connectivity index (χ3n) is 2.15. The van der Waals surface area contributed by atoms with Crippen LogP contribution in [0.25, 0.3) is 6.08 Å². The molecule has 0 radical (unpaired) electrons. The highest BCUT2D eigenvalue weighted by molar-refractivity contribution is 9.10. The molecule has 1 unspecified atom stereocenters. The molecule has 78 valence electrons. The van der Waals surface area contributed by atoms with Crippen LogP contribution in [0.4, 0.5) is 0 Å². The number of halogens is 2. The van der Waals surface area contributed by atoms with Crippen molar-refractivity contribution in [2.45, 2.75) is 19.9 Å². The van der Waals surface area contributed by atoms with E-state index in [9.17, 15) is 0 Å². The van der Waals surface area contributed by atoms with Crippen molar-refractivity contribution < 1.29 is 0 Å². The summed E-state index contributed by atoms with van der Waals surface area (Å²) in [5, 5.41) is 3.20. The van der Waals surface area contributed by atoms with Gasteiger partial charge in [0.2, 0.25) is 0 Å². The Morgan fingerprint density at radius 2 is 2.36 bits per heavy atom. The molecule has 0 saturated heterocycles. The molecule has 0 aromatic carbocycles. The van der Waals surface area contributed by atoms with E-state index >= 15 is 0 Å². The third-order valence-corrected chi connectivity index (χ3v) is 4.57. The smallest absolute Gasteiger partial charge is 0.108 e. The van der Waals surface area contributed by atoms with E-state index in [-0.39, 0.29) is 0 Å². The van der Waals surface area contributed by atoms with Crippen molar-refractivity contribution >= 4 is 44.9 Å². The normalized spacial score (nSPS) is 14.5. The zero-order chi connectivity index (χ0) is 10.7.